The van der Waals surface area contributed by atoms with Crippen LogP contribution in [-0.4, -0.2) is 33.5 Å². The Labute approximate surface area is 107 Å². The summed E-state index contributed by atoms with van der Waals surface area (Å²) in [6.07, 6.45) is 2.02. The van der Waals surface area contributed by atoms with E-state index in [1.807, 2.05) is 12.3 Å². The first-order chi connectivity index (χ1) is 8.11. The van der Waals surface area contributed by atoms with Crippen LogP contribution in [0.5, 0.6) is 0 Å². The standard InChI is InChI=1S/C11H18N2O2S2/c1-3-13-17(14,15)11-7-5-4-6-10(11)12-8-9-16-2/h4-7,12-13H,3,8-9H2,1-2H3. The molecule has 2 N–H and O–H groups in total. The second-order valence-corrected chi connectivity index (χ2v) is 6.14. The zero-order valence-electron chi connectivity index (χ0n) is 10.1. The highest BCUT2D eigenvalue weighted by atomic mass is 32.2. The van der Waals surface area contributed by atoms with Gasteiger partial charge in [-0.05, 0) is 18.4 Å². The molecule has 0 spiro atoms. The van der Waals surface area contributed by atoms with Crippen LogP contribution in [0.15, 0.2) is 29.2 Å². The summed E-state index contributed by atoms with van der Waals surface area (Å²) in [6, 6.07) is 6.94. The van der Waals surface area contributed by atoms with Crippen molar-refractivity contribution in [2.45, 2.75) is 11.8 Å². The van der Waals surface area contributed by atoms with Crippen molar-refractivity contribution in [2.75, 3.05) is 30.4 Å². The Kier molecular flexibility index (Phi) is 5.80. The summed E-state index contributed by atoms with van der Waals surface area (Å²) < 4.78 is 26.4. The van der Waals surface area contributed by atoms with Crippen LogP contribution in [0, 0.1) is 0 Å². The molecule has 1 aromatic rings. The normalized spacial score (nSPS) is 11.4. The molecular weight excluding hydrogens is 256 g/mol. The molecule has 0 amide bonds. The van der Waals surface area contributed by atoms with Gasteiger partial charge in [0.05, 0.1) is 5.69 Å². The van der Waals surface area contributed by atoms with Crippen molar-refractivity contribution in [1.29, 1.82) is 0 Å². The Morgan fingerprint density at radius 1 is 1.29 bits per heavy atom. The largest absolute Gasteiger partial charge is 0.383 e. The van der Waals surface area contributed by atoms with E-state index in [2.05, 4.69) is 10.0 Å². The number of benzene rings is 1. The number of hydrogen-bond donors (Lipinski definition) is 2. The van der Waals surface area contributed by atoms with Gasteiger partial charge in [-0.25, -0.2) is 13.1 Å². The lowest BCUT2D eigenvalue weighted by Crippen LogP contribution is -2.24. The highest BCUT2D eigenvalue weighted by Crippen LogP contribution is 2.20. The van der Waals surface area contributed by atoms with Crippen molar-refractivity contribution in [3.8, 4) is 0 Å². The molecule has 0 atom stereocenters. The second-order valence-electron chi connectivity index (χ2n) is 3.42. The van der Waals surface area contributed by atoms with E-state index < -0.39 is 10.0 Å². The lowest BCUT2D eigenvalue weighted by molar-refractivity contribution is 0.584. The fourth-order valence-corrected chi connectivity index (χ4v) is 2.93. The summed E-state index contributed by atoms with van der Waals surface area (Å²) in [7, 11) is -3.40. The van der Waals surface area contributed by atoms with E-state index >= 15 is 0 Å². The van der Waals surface area contributed by atoms with Gasteiger partial charge >= 0.3 is 0 Å². The van der Waals surface area contributed by atoms with Crippen LogP contribution < -0.4 is 10.0 Å². The molecule has 1 aromatic carbocycles. The van der Waals surface area contributed by atoms with E-state index in [0.29, 0.717) is 17.1 Å². The lowest BCUT2D eigenvalue weighted by atomic mass is 10.3. The van der Waals surface area contributed by atoms with Gasteiger partial charge in [0, 0.05) is 18.8 Å². The summed E-state index contributed by atoms with van der Waals surface area (Å²) in [6.45, 7) is 2.91. The summed E-state index contributed by atoms with van der Waals surface area (Å²) in [4.78, 5) is 0.308. The van der Waals surface area contributed by atoms with E-state index in [1.165, 1.54) is 0 Å². The van der Waals surface area contributed by atoms with Crippen molar-refractivity contribution in [3.05, 3.63) is 24.3 Å². The molecule has 4 nitrogen and oxygen atoms in total. The predicted molar refractivity (Wildman–Crippen MR) is 74.2 cm³/mol. The number of anilines is 1. The number of sulfonamides is 1. The highest BCUT2D eigenvalue weighted by molar-refractivity contribution is 7.98. The molecule has 0 saturated heterocycles. The summed E-state index contributed by atoms with van der Waals surface area (Å²) in [5, 5.41) is 3.14. The minimum Gasteiger partial charge on any atom is -0.383 e. The molecule has 0 aliphatic rings. The van der Waals surface area contributed by atoms with E-state index in [9.17, 15) is 8.42 Å². The van der Waals surface area contributed by atoms with E-state index in [1.54, 1.807) is 36.9 Å². The van der Waals surface area contributed by atoms with Gasteiger partial charge in [-0.15, -0.1) is 0 Å². The average molecular weight is 274 g/mol. The number of para-hydroxylation sites is 1. The number of rotatable bonds is 7. The van der Waals surface area contributed by atoms with Crippen molar-refractivity contribution < 1.29 is 8.42 Å². The maximum atomic E-state index is 11.9. The van der Waals surface area contributed by atoms with Crippen LogP contribution >= 0.6 is 11.8 Å². The van der Waals surface area contributed by atoms with Crippen LogP contribution in [0.25, 0.3) is 0 Å². The smallest absolute Gasteiger partial charge is 0.242 e. The first kappa shape index (κ1) is 14.3. The Bertz CT molecular complexity index is 447. The van der Waals surface area contributed by atoms with Gasteiger partial charge in [0.1, 0.15) is 4.90 Å². The van der Waals surface area contributed by atoms with Crippen LogP contribution in [0.2, 0.25) is 0 Å². The number of thioether (sulfide) groups is 1. The Balaban J connectivity index is 2.91. The van der Waals surface area contributed by atoms with Crippen LogP contribution in [0.3, 0.4) is 0 Å². The molecule has 0 aliphatic carbocycles. The van der Waals surface area contributed by atoms with E-state index in [4.69, 9.17) is 0 Å². The molecule has 1 rings (SSSR count). The van der Waals surface area contributed by atoms with E-state index in [0.717, 1.165) is 12.3 Å². The third kappa shape index (κ3) is 4.22. The van der Waals surface area contributed by atoms with Crippen LogP contribution in [-0.2, 0) is 10.0 Å². The average Bonchev–Trinajstić information content (AvgIpc) is 2.30. The van der Waals surface area contributed by atoms with Gasteiger partial charge in [-0.1, -0.05) is 19.1 Å². The molecule has 6 heteroatoms. The van der Waals surface area contributed by atoms with Crippen molar-refractivity contribution in [1.82, 2.24) is 4.72 Å². The monoisotopic (exact) mass is 274 g/mol. The third-order valence-corrected chi connectivity index (χ3v) is 4.35. The summed E-state index contributed by atoms with van der Waals surface area (Å²) in [5.74, 6) is 0.940. The molecule has 17 heavy (non-hydrogen) atoms. The molecule has 96 valence electrons. The van der Waals surface area contributed by atoms with Crippen LogP contribution in [0.1, 0.15) is 6.92 Å². The first-order valence-electron chi connectivity index (χ1n) is 5.43. The zero-order chi connectivity index (χ0) is 12.7. The molecule has 0 radical (unpaired) electrons. The molecule has 0 saturated carbocycles. The minimum absolute atomic E-state index is 0.308. The lowest BCUT2D eigenvalue weighted by Gasteiger charge is -2.12. The van der Waals surface area contributed by atoms with Gasteiger partial charge in [-0.3, -0.25) is 0 Å². The topological polar surface area (TPSA) is 58.2 Å². The molecular formula is C11H18N2O2S2. The predicted octanol–water partition coefficient (Wildman–Crippen LogP) is 1.76. The van der Waals surface area contributed by atoms with Gasteiger partial charge in [0.25, 0.3) is 0 Å². The summed E-state index contributed by atoms with van der Waals surface area (Å²) >= 11 is 1.72. The highest BCUT2D eigenvalue weighted by Gasteiger charge is 2.16. The Morgan fingerprint density at radius 3 is 2.65 bits per heavy atom. The SMILES string of the molecule is CCNS(=O)(=O)c1ccccc1NCCSC. The number of hydrogen-bond acceptors (Lipinski definition) is 4. The maximum absolute atomic E-state index is 11.9. The zero-order valence-corrected chi connectivity index (χ0v) is 11.7. The molecule has 0 aromatic heterocycles. The molecule has 0 fully saturated rings. The quantitative estimate of drug-likeness (QED) is 0.744. The third-order valence-electron chi connectivity index (χ3n) is 2.13. The Hall–Kier alpha value is -0.720. The molecule has 0 unspecified atom stereocenters. The van der Waals surface area contributed by atoms with Crippen molar-refractivity contribution >= 4 is 27.5 Å². The van der Waals surface area contributed by atoms with E-state index in [-0.39, 0.29) is 0 Å². The fraction of sp³-hybridized carbons (Fsp3) is 0.455. The van der Waals surface area contributed by atoms with Gasteiger partial charge in [-0.2, -0.15) is 11.8 Å². The molecule has 0 aliphatic heterocycles. The van der Waals surface area contributed by atoms with Gasteiger partial charge < -0.3 is 5.32 Å². The second kappa shape index (κ2) is 6.88. The van der Waals surface area contributed by atoms with Gasteiger partial charge in [0.2, 0.25) is 10.0 Å². The summed E-state index contributed by atoms with van der Waals surface area (Å²) in [5.41, 5.74) is 0.655. The minimum atomic E-state index is -3.40. The van der Waals surface area contributed by atoms with Crippen molar-refractivity contribution in [2.24, 2.45) is 0 Å². The van der Waals surface area contributed by atoms with Crippen LogP contribution in [0.4, 0.5) is 5.69 Å². The molecule has 0 heterocycles. The molecule has 0 bridgehead atoms. The Morgan fingerprint density at radius 2 is 2.00 bits per heavy atom. The number of nitrogens with one attached hydrogen (secondary N) is 2. The fourth-order valence-electron chi connectivity index (χ4n) is 1.40. The first-order valence-corrected chi connectivity index (χ1v) is 8.31. The van der Waals surface area contributed by atoms with Crippen molar-refractivity contribution in [3.63, 3.8) is 0 Å². The maximum Gasteiger partial charge on any atom is 0.242 e. The van der Waals surface area contributed by atoms with Gasteiger partial charge in [0.15, 0.2) is 0 Å².